The molecule has 0 spiro atoms. The molecule has 2 aliphatic rings. The summed E-state index contributed by atoms with van der Waals surface area (Å²) >= 11 is 0. The van der Waals surface area contributed by atoms with Crippen LogP contribution >= 0.6 is 0 Å². The lowest BCUT2D eigenvalue weighted by Gasteiger charge is -2.27. The average Bonchev–Trinajstić information content (AvgIpc) is 3.59. The molecule has 0 radical (unpaired) electrons. The molecule has 1 amide bonds. The summed E-state index contributed by atoms with van der Waals surface area (Å²) in [6.45, 7) is 2.29. The van der Waals surface area contributed by atoms with E-state index in [4.69, 9.17) is 5.73 Å². The Bertz CT molecular complexity index is 1300. The Morgan fingerprint density at radius 3 is 2.49 bits per heavy atom. The fraction of sp³-hybridized carbons (Fsp3) is 0.370. The SMILES string of the molecule is CC(F)(F)C1=CC=C(CN(c2ncnc3c2ccn3Cc2ccc(CC(N)=O)cc2)C2CC2)CC1. The quantitative estimate of drug-likeness (QED) is 0.481. The summed E-state index contributed by atoms with van der Waals surface area (Å²) in [7, 11) is 0. The van der Waals surface area contributed by atoms with Gasteiger partial charge in [0.2, 0.25) is 5.91 Å². The number of rotatable bonds is 9. The minimum atomic E-state index is -2.76. The third-order valence-corrected chi connectivity index (χ3v) is 6.72. The number of alkyl halides is 2. The van der Waals surface area contributed by atoms with E-state index in [1.165, 1.54) is 0 Å². The maximum Gasteiger partial charge on any atom is 0.266 e. The molecule has 3 aromatic rings. The molecule has 2 heterocycles. The van der Waals surface area contributed by atoms with Gasteiger partial charge in [0.05, 0.1) is 11.8 Å². The molecule has 0 unspecified atom stereocenters. The first-order valence-corrected chi connectivity index (χ1v) is 12.0. The van der Waals surface area contributed by atoms with Crippen LogP contribution in [0, 0.1) is 0 Å². The fourth-order valence-corrected chi connectivity index (χ4v) is 4.67. The summed E-state index contributed by atoms with van der Waals surface area (Å²) in [5.74, 6) is -2.21. The van der Waals surface area contributed by atoms with Crippen LogP contribution in [0.1, 0.15) is 43.7 Å². The van der Waals surface area contributed by atoms with Crippen LogP contribution in [0.5, 0.6) is 0 Å². The maximum atomic E-state index is 13.7. The largest absolute Gasteiger partial charge is 0.369 e. The Morgan fingerprint density at radius 1 is 1.11 bits per heavy atom. The zero-order valence-corrected chi connectivity index (χ0v) is 19.8. The molecule has 35 heavy (non-hydrogen) atoms. The number of amides is 1. The number of aromatic nitrogens is 3. The van der Waals surface area contributed by atoms with Gasteiger partial charge in [-0.25, -0.2) is 18.7 Å². The van der Waals surface area contributed by atoms with E-state index in [9.17, 15) is 13.6 Å². The molecule has 182 valence electrons. The summed E-state index contributed by atoms with van der Waals surface area (Å²) in [5.41, 5.74) is 9.47. The first-order valence-electron chi connectivity index (χ1n) is 12.0. The van der Waals surface area contributed by atoms with E-state index in [-0.39, 0.29) is 17.9 Å². The van der Waals surface area contributed by atoms with Crippen molar-refractivity contribution in [3.63, 3.8) is 0 Å². The molecule has 2 aromatic heterocycles. The topological polar surface area (TPSA) is 77.0 Å². The Hall–Kier alpha value is -3.55. The maximum absolute atomic E-state index is 13.7. The summed E-state index contributed by atoms with van der Waals surface area (Å²) in [6.07, 6.45) is 10.5. The number of primary amides is 1. The third kappa shape index (κ3) is 5.26. The Balaban J connectivity index is 1.38. The van der Waals surface area contributed by atoms with Crippen molar-refractivity contribution in [1.29, 1.82) is 0 Å². The summed E-state index contributed by atoms with van der Waals surface area (Å²) in [5, 5.41) is 0.984. The van der Waals surface area contributed by atoms with Gasteiger partial charge in [-0.1, -0.05) is 42.0 Å². The standard InChI is InChI=1S/C27H29F2N5O/c1-27(28,29)21-8-6-20(7-9-21)16-34(22-10-11-22)26-23-12-13-33(25(23)31-17-32-26)15-19-4-2-18(3-5-19)14-24(30)35/h2-6,8,12-13,17,22H,7,9-11,14-16H2,1H3,(H2,30,35). The highest BCUT2D eigenvalue weighted by atomic mass is 19.3. The van der Waals surface area contributed by atoms with Crippen LogP contribution in [0.4, 0.5) is 14.6 Å². The smallest absolute Gasteiger partial charge is 0.266 e. The van der Waals surface area contributed by atoms with Gasteiger partial charge in [-0.05, 0) is 48.4 Å². The van der Waals surface area contributed by atoms with Crippen LogP contribution in [-0.2, 0) is 17.8 Å². The van der Waals surface area contributed by atoms with Gasteiger partial charge in [-0.15, -0.1) is 0 Å². The number of nitrogens with two attached hydrogens (primary N) is 1. The van der Waals surface area contributed by atoms with Crippen molar-refractivity contribution in [2.45, 2.75) is 57.5 Å². The minimum Gasteiger partial charge on any atom is -0.369 e. The summed E-state index contributed by atoms with van der Waals surface area (Å²) in [6, 6.07) is 10.3. The molecule has 1 saturated carbocycles. The van der Waals surface area contributed by atoms with E-state index in [0.29, 0.717) is 32.0 Å². The third-order valence-electron chi connectivity index (χ3n) is 6.72. The van der Waals surface area contributed by atoms with Crippen LogP contribution in [0.15, 0.2) is 66.2 Å². The molecule has 0 bridgehead atoms. The summed E-state index contributed by atoms with van der Waals surface area (Å²) < 4.78 is 29.4. The monoisotopic (exact) mass is 477 g/mol. The second-order valence-electron chi connectivity index (χ2n) is 9.60. The van der Waals surface area contributed by atoms with E-state index >= 15 is 0 Å². The van der Waals surface area contributed by atoms with Gasteiger partial charge < -0.3 is 15.2 Å². The van der Waals surface area contributed by atoms with Crippen molar-refractivity contribution in [3.05, 3.63) is 77.3 Å². The van der Waals surface area contributed by atoms with Crippen LogP contribution in [0.3, 0.4) is 0 Å². The van der Waals surface area contributed by atoms with E-state index in [2.05, 4.69) is 19.4 Å². The lowest BCUT2D eigenvalue weighted by Crippen LogP contribution is -2.30. The highest BCUT2D eigenvalue weighted by Gasteiger charge is 2.33. The number of hydrogen-bond donors (Lipinski definition) is 1. The zero-order valence-electron chi connectivity index (χ0n) is 19.8. The number of fused-ring (bicyclic) bond motifs is 1. The van der Waals surface area contributed by atoms with Crippen LogP contribution in [0.25, 0.3) is 11.0 Å². The van der Waals surface area contributed by atoms with Gasteiger partial charge >= 0.3 is 0 Å². The normalized spacial score (nSPS) is 16.2. The Kier molecular flexibility index (Phi) is 6.13. The second kappa shape index (κ2) is 9.24. The minimum absolute atomic E-state index is 0.198. The van der Waals surface area contributed by atoms with Gasteiger partial charge in [0.25, 0.3) is 5.92 Å². The van der Waals surface area contributed by atoms with Crippen molar-refractivity contribution in [2.75, 3.05) is 11.4 Å². The number of allylic oxidation sites excluding steroid dienone is 3. The molecular formula is C27H29F2N5O. The molecule has 8 heteroatoms. The molecule has 0 saturated heterocycles. The van der Waals surface area contributed by atoms with Crippen LogP contribution in [-0.4, -0.2) is 39.0 Å². The van der Waals surface area contributed by atoms with Gasteiger partial charge in [0.1, 0.15) is 17.8 Å². The van der Waals surface area contributed by atoms with E-state index in [1.54, 1.807) is 12.4 Å². The van der Waals surface area contributed by atoms with Crippen LogP contribution < -0.4 is 10.6 Å². The van der Waals surface area contributed by atoms with E-state index in [1.807, 2.05) is 42.6 Å². The van der Waals surface area contributed by atoms with E-state index < -0.39 is 5.92 Å². The van der Waals surface area contributed by atoms with E-state index in [0.717, 1.165) is 53.3 Å². The average molecular weight is 478 g/mol. The van der Waals surface area contributed by atoms with Gasteiger partial charge in [0, 0.05) is 32.3 Å². The van der Waals surface area contributed by atoms with Crippen molar-refractivity contribution >= 4 is 22.8 Å². The molecular weight excluding hydrogens is 448 g/mol. The van der Waals surface area contributed by atoms with Crippen molar-refractivity contribution in [2.24, 2.45) is 5.73 Å². The number of halogens is 2. The van der Waals surface area contributed by atoms with Crippen molar-refractivity contribution in [3.8, 4) is 0 Å². The number of carbonyl (C=O) groups is 1. The first kappa shape index (κ1) is 23.2. The second-order valence-corrected chi connectivity index (χ2v) is 9.60. The van der Waals surface area contributed by atoms with Crippen molar-refractivity contribution in [1.82, 2.24) is 14.5 Å². The summed E-state index contributed by atoms with van der Waals surface area (Å²) in [4.78, 5) is 22.6. The molecule has 5 rings (SSSR count). The molecule has 2 aliphatic carbocycles. The first-order chi connectivity index (χ1) is 16.8. The number of hydrogen-bond acceptors (Lipinski definition) is 4. The van der Waals surface area contributed by atoms with Gasteiger partial charge in [-0.2, -0.15) is 0 Å². The lowest BCUT2D eigenvalue weighted by molar-refractivity contribution is -0.117. The number of nitrogens with zero attached hydrogens (tertiary/aromatic N) is 4. The Morgan fingerprint density at radius 2 is 1.86 bits per heavy atom. The number of carbonyl (C=O) groups excluding carboxylic acids is 1. The fourth-order valence-electron chi connectivity index (χ4n) is 4.67. The Labute approximate surface area is 203 Å². The number of anilines is 1. The molecule has 6 nitrogen and oxygen atoms in total. The lowest BCUT2D eigenvalue weighted by atomic mass is 9.94. The predicted molar refractivity (Wildman–Crippen MR) is 132 cm³/mol. The van der Waals surface area contributed by atoms with Gasteiger partial charge in [-0.3, -0.25) is 4.79 Å². The number of benzene rings is 1. The zero-order chi connectivity index (χ0) is 24.6. The van der Waals surface area contributed by atoms with Crippen molar-refractivity contribution < 1.29 is 13.6 Å². The molecule has 2 N–H and O–H groups in total. The highest BCUT2D eigenvalue weighted by molar-refractivity contribution is 5.88. The molecule has 1 aromatic carbocycles. The van der Waals surface area contributed by atoms with Crippen LogP contribution in [0.2, 0.25) is 0 Å². The molecule has 0 aliphatic heterocycles. The molecule has 0 atom stereocenters. The highest BCUT2D eigenvalue weighted by Crippen LogP contribution is 2.37. The predicted octanol–water partition coefficient (Wildman–Crippen LogP) is 4.78. The van der Waals surface area contributed by atoms with Gasteiger partial charge in [0.15, 0.2) is 0 Å². The molecule has 1 fully saturated rings.